The minimum Gasteiger partial charge on any atom is -0.294 e. The van der Waals surface area contributed by atoms with Gasteiger partial charge in [0.2, 0.25) is 0 Å². The zero-order valence-electron chi connectivity index (χ0n) is 16.6. The quantitative estimate of drug-likeness (QED) is 0.416. The molecular weight excluding hydrogens is 373 g/mol. The highest BCUT2D eigenvalue weighted by Gasteiger charge is 2.52. The molecule has 1 aliphatic heterocycles. The van der Waals surface area contributed by atoms with E-state index < -0.39 is 23.3 Å². The third-order valence-electron chi connectivity index (χ3n) is 5.06. The summed E-state index contributed by atoms with van der Waals surface area (Å²) >= 11 is 0. The van der Waals surface area contributed by atoms with E-state index in [0.717, 1.165) is 11.0 Å². The molecule has 1 fully saturated rings. The molecule has 3 rings (SSSR count). The second-order valence-electron chi connectivity index (χ2n) is 7.34. The molecule has 2 aromatic carbocycles. The van der Waals surface area contributed by atoms with Crippen molar-refractivity contribution in [3.05, 3.63) is 64.8 Å². The molecule has 0 bridgehead atoms. The number of anilines is 2. The summed E-state index contributed by atoms with van der Waals surface area (Å²) in [6.45, 7) is 13.7. The smallest absolute Gasteiger partial charge is 0.294 e. The Balaban J connectivity index is 2.06. The van der Waals surface area contributed by atoms with Crippen LogP contribution in [-0.4, -0.2) is 23.3 Å². The Morgan fingerprint density at radius 2 is 1.79 bits per heavy atom. The molecule has 7 heteroatoms. The van der Waals surface area contributed by atoms with Crippen LogP contribution >= 0.6 is 0 Å². The number of rotatable bonds is 4. The van der Waals surface area contributed by atoms with Gasteiger partial charge in [-0.3, -0.25) is 14.5 Å². The normalized spacial score (nSPS) is 15.6. The maximum Gasteiger partial charge on any atom is 0.336 e. The largest absolute Gasteiger partial charge is 0.336 e. The first kappa shape index (κ1) is 20.2. The summed E-state index contributed by atoms with van der Waals surface area (Å²) < 4.78 is 14.5. The number of aryl methyl sites for hydroxylation is 1. The van der Waals surface area contributed by atoms with E-state index in [1.54, 1.807) is 45.9 Å². The maximum atomic E-state index is 14.5. The molecule has 0 atom stereocenters. The zero-order chi connectivity index (χ0) is 21.5. The van der Waals surface area contributed by atoms with Crippen molar-refractivity contribution >= 4 is 34.8 Å². The Hall–Kier alpha value is -3.53. The Kier molecular flexibility index (Phi) is 4.97. The minimum atomic E-state index is -1.26. The average Bonchev–Trinajstić information content (AvgIpc) is 2.85. The van der Waals surface area contributed by atoms with Crippen molar-refractivity contribution in [1.29, 1.82) is 0 Å². The summed E-state index contributed by atoms with van der Waals surface area (Å²) in [5, 5.41) is 0. The Bertz CT molecular complexity index is 1090. The van der Waals surface area contributed by atoms with Crippen LogP contribution in [0.4, 0.5) is 26.2 Å². The van der Waals surface area contributed by atoms with Crippen LogP contribution < -0.4 is 9.80 Å². The number of hydrogen-bond donors (Lipinski definition) is 0. The highest BCUT2D eigenvalue weighted by molar-refractivity contribution is 6.30. The molecular formula is C22H20FN3O3. The molecule has 1 saturated heterocycles. The summed E-state index contributed by atoms with van der Waals surface area (Å²) in [5.74, 6) is -1.54. The van der Waals surface area contributed by atoms with Gasteiger partial charge in [0.15, 0.2) is 11.5 Å². The van der Waals surface area contributed by atoms with Crippen LogP contribution in [0.1, 0.15) is 43.1 Å². The molecule has 29 heavy (non-hydrogen) atoms. The fourth-order valence-electron chi connectivity index (χ4n) is 3.42. The van der Waals surface area contributed by atoms with Gasteiger partial charge in [-0.1, -0.05) is 13.0 Å². The third-order valence-corrected chi connectivity index (χ3v) is 5.06. The van der Waals surface area contributed by atoms with Gasteiger partial charge in [0.05, 0.1) is 17.8 Å². The molecule has 148 valence electrons. The van der Waals surface area contributed by atoms with Crippen LogP contribution in [0, 0.1) is 19.3 Å². The number of nitrogens with zero attached hydrogens (tertiary/aromatic N) is 3. The first-order valence-electron chi connectivity index (χ1n) is 9.13. The van der Waals surface area contributed by atoms with Gasteiger partial charge in [-0.2, -0.15) is 0 Å². The summed E-state index contributed by atoms with van der Waals surface area (Å²) in [4.78, 5) is 43.7. The standard InChI is InChI=1S/C22H20FN3O3/c1-6-19(27)16-9-7-15(12-17(16)23)26-21(29)25(20(28)22(26,3)4)14-8-10-18(24-5)13(2)11-14/h7-12H,6H2,1-4H3. The minimum absolute atomic E-state index is 0.0470. The molecule has 2 aromatic rings. The predicted octanol–water partition coefficient (Wildman–Crippen LogP) is 5.03. The summed E-state index contributed by atoms with van der Waals surface area (Å²) in [5.41, 5.74) is 0.306. The molecule has 0 radical (unpaired) electrons. The molecule has 0 N–H and O–H groups in total. The maximum absolute atomic E-state index is 14.5. The number of imide groups is 1. The number of Topliss-reactive ketones (excluding diaryl/α,β-unsaturated/α-hetero) is 1. The summed E-state index contributed by atoms with van der Waals surface area (Å²) in [6, 6.07) is 7.98. The molecule has 0 aliphatic carbocycles. The zero-order valence-corrected chi connectivity index (χ0v) is 16.6. The number of benzene rings is 2. The van der Waals surface area contributed by atoms with Crippen LogP contribution in [0.5, 0.6) is 0 Å². The van der Waals surface area contributed by atoms with Gasteiger partial charge in [-0.15, -0.1) is 0 Å². The van der Waals surface area contributed by atoms with E-state index in [9.17, 15) is 18.8 Å². The van der Waals surface area contributed by atoms with Crippen molar-refractivity contribution in [2.24, 2.45) is 0 Å². The van der Waals surface area contributed by atoms with Gasteiger partial charge in [-0.25, -0.2) is 18.9 Å². The van der Waals surface area contributed by atoms with Gasteiger partial charge in [0, 0.05) is 12.1 Å². The lowest BCUT2D eigenvalue weighted by Crippen LogP contribution is -2.44. The highest BCUT2D eigenvalue weighted by Crippen LogP contribution is 2.37. The van der Waals surface area contributed by atoms with Gasteiger partial charge >= 0.3 is 6.03 Å². The third kappa shape index (κ3) is 3.17. The van der Waals surface area contributed by atoms with E-state index in [2.05, 4.69) is 4.85 Å². The van der Waals surface area contributed by atoms with Crippen molar-refractivity contribution in [3.63, 3.8) is 0 Å². The second kappa shape index (κ2) is 7.13. The van der Waals surface area contributed by atoms with E-state index in [4.69, 9.17) is 6.57 Å². The summed E-state index contributed by atoms with van der Waals surface area (Å²) in [6.07, 6.45) is 0.163. The molecule has 1 aliphatic rings. The lowest BCUT2D eigenvalue weighted by Gasteiger charge is -2.27. The predicted molar refractivity (Wildman–Crippen MR) is 108 cm³/mol. The Morgan fingerprint density at radius 3 is 2.34 bits per heavy atom. The monoisotopic (exact) mass is 393 g/mol. The number of urea groups is 1. The molecule has 3 amide bonds. The SMILES string of the molecule is [C-]#[N+]c1ccc(N2C(=O)N(c3ccc(C(=O)CC)c(F)c3)C(C)(C)C2=O)cc1C. The highest BCUT2D eigenvalue weighted by atomic mass is 19.1. The van der Waals surface area contributed by atoms with E-state index in [-0.39, 0.29) is 23.5 Å². The lowest BCUT2D eigenvalue weighted by atomic mass is 10.0. The lowest BCUT2D eigenvalue weighted by molar-refractivity contribution is -0.120. The Morgan fingerprint density at radius 1 is 1.14 bits per heavy atom. The second-order valence-corrected chi connectivity index (χ2v) is 7.34. The number of carbonyl (C=O) groups excluding carboxylic acids is 3. The molecule has 6 nitrogen and oxygen atoms in total. The summed E-state index contributed by atoms with van der Waals surface area (Å²) in [7, 11) is 0. The molecule has 0 unspecified atom stereocenters. The topological polar surface area (TPSA) is 62.1 Å². The molecule has 1 heterocycles. The first-order valence-corrected chi connectivity index (χ1v) is 9.13. The van der Waals surface area contributed by atoms with E-state index in [1.807, 2.05) is 0 Å². The van der Waals surface area contributed by atoms with E-state index in [0.29, 0.717) is 16.9 Å². The van der Waals surface area contributed by atoms with Crippen LogP contribution in [0.3, 0.4) is 0 Å². The van der Waals surface area contributed by atoms with Gasteiger partial charge in [0.25, 0.3) is 5.91 Å². The van der Waals surface area contributed by atoms with Crippen molar-refractivity contribution in [2.75, 3.05) is 9.80 Å². The Labute approximate surface area is 168 Å². The van der Waals surface area contributed by atoms with E-state index >= 15 is 0 Å². The molecule has 0 aromatic heterocycles. The fourth-order valence-corrected chi connectivity index (χ4v) is 3.42. The van der Waals surface area contributed by atoms with Crippen molar-refractivity contribution in [2.45, 2.75) is 39.7 Å². The van der Waals surface area contributed by atoms with Crippen LogP contribution in [0.15, 0.2) is 36.4 Å². The average molecular weight is 393 g/mol. The number of ketones is 1. The van der Waals surface area contributed by atoms with Gasteiger partial charge in [-0.05, 0) is 56.7 Å². The van der Waals surface area contributed by atoms with Crippen LogP contribution in [0.2, 0.25) is 0 Å². The van der Waals surface area contributed by atoms with Gasteiger partial charge < -0.3 is 0 Å². The first-order chi connectivity index (χ1) is 13.6. The van der Waals surface area contributed by atoms with Crippen LogP contribution in [-0.2, 0) is 4.79 Å². The number of hydrogen-bond acceptors (Lipinski definition) is 3. The molecule has 0 spiro atoms. The number of halogens is 1. The van der Waals surface area contributed by atoms with Crippen molar-refractivity contribution < 1.29 is 18.8 Å². The van der Waals surface area contributed by atoms with Crippen molar-refractivity contribution in [1.82, 2.24) is 0 Å². The fraction of sp³-hybridized carbons (Fsp3) is 0.273. The van der Waals surface area contributed by atoms with Crippen LogP contribution in [0.25, 0.3) is 4.85 Å². The van der Waals surface area contributed by atoms with Crippen molar-refractivity contribution in [3.8, 4) is 0 Å². The number of amides is 3. The van der Waals surface area contributed by atoms with E-state index in [1.165, 1.54) is 17.0 Å². The van der Waals surface area contributed by atoms with Gasteiger partial charge in [0.1, 0.15) is 11.4 Å². The molecule has 0 saturated carbocycles. The number of carbonyl (C=O) groups is 3.